The Balaban J connectivity index is 2.15. The minimum absolute atomic E-state index is 0.402. The van der Waals surface area contributed by atoms with Crippen molar-refractivity contribution >= 4 is 0 Å². The van der Waals surface area contributed by atoms with Gasteiger partial charge in [0, 0.05) is 19.7 Å². The number of benzene rings is 1. The topological polar surface area (TPSA) is 41.5 Å². The largest absolute Gasteiger partial charge is 0.389 e. The van der Waals surface area contributed by atoms with Gasteiger partial charge >= 0.3 is 0 Å². The molecule has 1 aromatic carbocycles. The molecule has 0 bridgehead atoms. The first-order valence-corrected chi connectivity index (χ1v) is 6.60. The quantitative estimate of drug-likeness (QED) is 0.743. The molecule has 0 fully saturated rings. The Morgan fingerprint density at radius 1 is 1.22 bits per heavy atom. The highest BCUT2D eigenvalue weighted by molar-refractivity contribution is 5.25. The molecule has 1 rings (SSSR count). The summed E-state index contributed by atoms with van der Waals surface area (Å²) in [6, 6.07) is 8.27. The lowest BCUT2D eigenvalue weighted by Crippen LogP contribution is -2.30. The van der Waals surface area contributed by atoms with Crippen molar-refractivity contribution in [2.45, 2.75) is 33.4 Å². The molecular formula is C15H25NO2. The van der Waals surface area contributed by atoms with Crippen LogP contribution in [-0.2, 0) is 11.3 Å². The fraction of sp³-hybridized carbons (Fsp3) is 0.600. The Morgan fingerprint density at radius 3 is 2.61 bits per heavy atom. The van der Waals surface area contributed by atoms with E-state index in [0.29, 0.717) is 25.7 Å². The molecule has 0 heterocycles. The van der Waals surface area contributed by atoms with Crippen molar-refractivity contribution in [1.29, 1.82) is 0 Å². The first-order valence-electron chi connectivity index (χ1n) is 6.60. The number of ether oxygens (including phenoxy) is 1. The molecule has 3 nitrogen and oxygen atoms in total. The van der Waals surface area contributed by atoms with Crippen molar-refractivity contribution in [2.75, 3.05) is 19.8 Å². The van der Waals surface area contributed by atoms with Crippen LogP contribution in [0.1, 0.15) is 25.0 Å². The van der Waals surface area contributed by atoms with Gasteiger partial charge in [0.1, 0.15) is 0 Å². The SMILES string of the molecule is Cc1ccccc1CNCC(O)COCC(C)C. The molecule has 0 aromatic heterocycles. The highest BCUT2D eigenvalue weighted by atomic mass is 16.5. The van der Waals surface area contributed by atoms with Gasteiger partial charge in [-0.1, -0.05) is 38.1 Å². The summed E-state index contributed by atoms with van der Waals surface area (Å²) >= 11 is 0. The van der Waals surface area contributed by atoms with Crippen molar-refractivity contribution in [2.24, 2.45) is 5.92 Å². The minimum Gasteiger partial charge on any atom is -0.389 e. The number of hydrogen-bond acceptors (Lipinski definition) is 3. The van der Waals surface area contributed by atoms with E-state index in [1.165, 1.54) is 11.1 Å². The Bertz CT molecular complexity index is 339. The number of aliphatic hydroxyl groups is 1. The molecule has 1 aromatic rings. The Hall–Kier alpha value is -0.900. The summed E-state index contributed by atoms with van der Waals surface area (Å²) in [5.41, 5.74) is 2.54. The average Bonchev–Trinajstić information content (AvgIpc) is 2.31. The summed E-state index contributed by atoms with van der Waals surface area (Å²) in [7, 11) is 0. The molecule has 0 aliphatic carbocycles. The van der Waals surface area contributed by atoms with Crippen LogP contribution in [0.4, 0.5) is 0 Å². The summed E-state index contributed by atoms with van der Waals surface area (Å²) in [4.78, 5) is 0. The van der Waals surface area contributed by atoms with Gasteiger partial charge in [0.15, 0.2) is 0 Å². The number of aryl methyl sites for hydroxylation is 1. The fourth-order valence-electron chi connectivity index (χ4n) is 1.68. The van der Waals surface area contributed by atoms with E-state index in [1.54, 1.807) is 0 Å². The zero-order valence-corrected chi connectivity index (χ0v) is 11.6. The van der Waals surface area contributed by atoms with Crippen molar-refractivity contribution in [3.8, 4) is 0 Å². The third kappa shape index (κ3) is 6.15. The number of aliphatic hydroxyl groups excluding tert-OH is 1. The first-order chi connectivity index (χ1) is 8.59. The lowest BCUT2D eigenvalue weighted by atomic mass is 10.1. The molecule has 3 heteroatoms. The first kappa shape index (κ1) is 15.2. The monoisotopic (exact) mass is 251 g/mol. The van der Waals surface area contributed by atoms with Crippen LogP contribution in [0.15, 0.2) is 24.3 Å². The Morgan fingerprint density at radius 2 is 1.94 bits per heavy atom. The van der Waals surface area contributed by atoms with E-state index in [2.05, 4.69) is 38.2 Å². The van der Waals surface area contributed by atoms with Gasteiger partial charge in [0.25, 0.3) is 0 Å². The van der Waals surface area contributed by atoms with Gasteiger partial charge in [-0.05, 0) is 24.0 Å². The van der Waals surface area contributed by atoms with E-state index >= 15 is 0 Å². The van der Waals surface area contributed by atoms with Crippen LogP contribution in [0.5, 0.6) is 0 Å². The minimum atomic E-state index is -0.437. The summed E-state index contributed by atoms with van der Waals surface area (Å²) < 4.78 is 5.39. The van der Waals surface area contributed by atoms with Crippen LogP contribution in [0.25, 0.3) is 0 Å². The lowest BCUT2D eigenvalue weighted by molar-refractivity contribution is 0.0260. The zero-order chi connectivity index (χ0) is 13.4. The highest BCUT2D eigenvalue weighted by Gasteiger charge is 2.05. The number of rotatable bonds is 8. The summed E-state index contributed by atoms with van der Waals surface area (Å²) in [5.74, 6) is 0.511. The number of hydrogen-bond donors (Lipinski definition) is 2. The van der Waals surface area contributed by atoms with Gasteiger partial charge in [0.2, 0.25) is 0 Å². The average molecular weight is 251 g/mol. The van der Waals surface area contributed by atoms with Crippen molar-refractivity contribution < 1.29 is 9.84 Å². The molecule has 0 saturated carbocycles. The second kappa shape index (κ2) is 8.25. The molecule has 1 atom stereocenters. The maximum atomic E-state index is 9.72. The Kier molecular flexibility index (Phi) is 6.94. The molecule has 1 unspecified atom stereocenters. The van der Waals surface area contributed by atoms with Crippen molar-refractivity contribution in [1.82, 2.24) is 5.32 Å². The third-order valence-corrected chi connectivity index (χ3v) is 2.72. The predicted molar refractivity (Wildman–Crippen MR) is 74.5 cm³/mol. The van der Waals surface area contributed by atoms with Gasteiger partial charge < -0.3 is 15.2 Å². The van der Waals surface area contributed by atoms with E-state index in [-0.39, 0.29) is 0 Å². The maximum Gasteiger partial charge on any atom is 0.0897 e. The standard InChI is InChI=1S/C15H25NO2/c1-12(2)10-18-11-15(17)9-16-8-14-7-5-4-6-13(14)3/h4-7,12,15-17H,8-11H2,1-3H3. The van der Waals surface area contributed by atoms with Crippen LogP contribution in [0.2, 0.25) is 0 Å². The van der Waals surface area contributed by atoms with Crippen LogP contribution in [0.3, 0.4) is 0 Å². The van der Waals surface area contributed by atoms with E-state index in [0.717, 1.165) is 6.54 Å². The van der Waals surface area contributed by atoms with E-state index in [1.807, 2.05) is 12.1 Å². The van der Waals surface area contributed by atoms with Crippen LogP contribution < -0.4 is 5.32 Å². The molecule has 0 amide bonds. The molecule has 18 heavy (non-hydrogen) atoms. The third-order valence-electron chi connectivity index (χ3n) is 2.72. The molecule has 0 spiro atoms. The predicted octanol–water partition coefficient (Wildman–Crippen LogP) is 2.12. The second-order valence-electron chi connectivity index (χ2n) is 5.14. The fourth-order valence-corrected chi connectivity index (χ4v) is 1.68. The summed E-state index contributed by atoms with van der Waals surface area (Å²) in [6.07, 6.45) is -0.437. The van der Waals surface area contributed by atoms with Gasteiger partial charge in [0.05, 0.1) is 12.7 Å². The molecule has 2 N–H and O–H groups in total. The molecule has 102 valence electrons. The van der Waals surface area contributed by atoms with E-state index in [9.17, 15) is 5.11 Å². The van der Waals surface area contributed by atoms with Gasteiger partial charge in [-0.3, -0.25) is 0 Å². The molecule has 0 aliphatic heterocycles. The zero-order valence-electron chi connectivity index (χ0n) is 11.6. The second-order valence-corrected chi connectivity index (χ2v) is 5.14. The Labute approximate surface area is 110 Å². The summed E-state index contributed by atoms with van der Waals surface area (Å²) in [5, 5.41) is 13.0. The molecular weight excluding hydrogens is 226 g/mol. The van der Waals surface area contributed by atoms with Crippen molar-refractivity contribution in [3.63, 3.8) is 0 Å². The van der Waals surface area contributed by atoms with Crippen molar-refractivity contribution in [3.05, 3.63) is 35.4 Å². The smallest absolute Gasteiger partial charge is 0.0897 e. The van der Waals surface area contributed by atoms with Gasteiger partial charge in [-0.2, -0.15) is 0 Å². The van der Waals surface area contributed by atoms with Gasteiger partial charge in [-0.15, -0.1) is 0 Å². The maximum absolute atomic E-state index is 9.72. The van der Waals surface area contributed by atoms with Crippen LogP contribution in [-0.4, -0.2) is 31.0 Å². The lowest BCUT2D eigenvalue weighted by Gasteiger charge is -2.14. The van der Waals surface area contributed by atoms with Crippen LogP contribution in [0, 0.1) is 12.8 Å². The van der Waals surface area contributed by atoms with E-state index < -0.39 is 6.10 Å². The molecule has 0 saturated heterocycles. The highest BCUT2D eigenvalue weighted by Crippen LogP contribution is 2.05. The van der Waals surface area contributed by atoms with Gasteiger partial charge in [-0.25, -0.2) is 0 Å². The molecule has 0 radical (unpaired) electrons. The van der Waals surface area contributed by atoms with E-state index in [4.69, 9.17) is 4.74 Å². The van der Waals surface area contributed by atoms with Crippen LogP contribution >= 0.6 is 0 Å². The normalized spacial score (nSPS) is 12.9. The number of nitrogens with one attached hydrogen (secondary N) is 1. The molecule has 0 aliphatic rings. The summed E-state index contributed by atoms with van der Waals surface area (Å²) in [6.45, 7) is 8.75.